The average Bonchev–Trinajstić information content (AvgIpc) is 2.03. The minimum Gasteiger partial charge on any atom is -0.479 e. The normalized spacial score (nSPS) is 40.2. The van der Waals surface area contributed by atoms with Crippen LogP contribution in [0.25, 0.3) is 0 Å². The molecule has 0 aromatic rings. The molecule has 0 aliphatic carbocycles. The maximum Gasteiger partial charge on any atom is 0.335 e. The molecule has 4 N–H and O–H groups in total. The van der Waals surface area contributed by atoms with Crippen LogP contribution < -0.4 is 0 Å². The highest BCUT2D eigenvalue weighted by atomic mass is 16.6. The van der Waals surface area contributed by atoms with E-state index < -0.39 is 37.0 Å². The highest BCUT2D eigenvalue weighted by Crippen LogP contribution is 2.20. The fraction of sp³-hybridized carbons (Fsp3) is 0.857. The minimum atomic E-state index is -1.36. The van der Waals surface area contributed by atoms with Crippen LogP contribution in [0.3, 0.4) is 0 Å². The summed E-state index contributed by atoms with van der Waals surface area (Å²) in [4.78, 5) is 10.5. The fourth-order valence-corrected chi connectivity index (χ4v) is 1.28. The summed E-state index contributed by atoms with van der Waals surface area (Å²) in [5, 5.41) is 35.6. The molecule has 0 spiro atoms. The number of aliphatic hydroxyl groups excluding tert-OH is 3. The molecule has 1 saturated heterocycles. The first-order valence-electron chi connectivity index (χ1n) is 3.91. The van der Waals surface area contributed by atoms with Gasteiger partial charge >= 0.3 is 5.97 Å². The molecule has 0 bridgehead atoms. The van der Waals surface area contributed by atoms with Crippen molar-refractivity contribution in [2.75, 3.05) is 6.61 Å². The van der Waals surface area contributed by atoms with E-state index in [1.165, 1.54) is 0 Å². The highest BCUT2D eigenvalue weighted by Gasteiger charge is 2.39. The number of carboxylic acids is 1. The van der Waals surface area contributed by atoms with Gasteiger partial charge in [-0.1, -0.05) is 0 Å². The summed E-state index contributed by atoms with van der Waals surface area (Å²) in [5.74, 6) is -1.29. The maximum absolute atomic E-state index is 10.5. The molecule has 13 heavy (non-hydrogen) atoms. The Morgan fingerprint density at radius 1 is 1.38 bits per heavy atom. The van der Waals surface area contributed by atoms with E-state index in [0.717, 1.165) is 0 Å². The summed E-state index contributed by atoms with van der Waals surface area (Å²) < 4.78 is 4.77. The minimum absolute atomic E-state index is 0.0950. The number of hydrogen-bond donors (Lipinski definition) is 4. The Morgan fingerprint density at radius 3 is 2.46 bits per heavy atom. The van der Waals surface area contributed by atoms with Crippen LogP contribution >= 0.6 is 0 Å². The first kappa shape index (κ1) is 10.4. The van der Waals surface area contributed by atoms with Crippen LogP contribution in [0.2, 0.25) is 0 Å². The van der Waals surface area contributed by atoms with Crippen molar-refractivity contribution in [1.82, 2.24) is 0 Å². The second-order valence-corrected chi connectivity index (χ2v) is 2.99. The molecule has 0 aromatic heterocycles. The summed E-state index contributed by atoms with van der Waals surface area (Å²) in [6.45, 7) is -0.461. The molecule has 76 valence electrons. The molecular formula is C7H12O6. The predicted molar refractivity (Wildman–Crippen MR) is 40.0 cm³/mol. The van der Waals surface area contributed by atoms with Crippen LogP contribution in [0.15, 0.2) is 0 Å². The van der Waals surface area contributed by atoms with Crippen molar-refractivity contribution in [3.63, 3.8) is 0 Å². The number of rotatable bonds is 2. The second kappa shape index (κ2) is 4.01. The Hall–Kier alpha value is -0.690. The molecule has 4 unspecified atom stereocenters. The van der Waals surface area contributed by atoms with Crippen molar-refractivity contribution < 1.29 is 30.0 Å². The van der Waals surface area contributed by atoms with Crippen LogP contribution in [0.1, 0.15) is 6.42 Å². The van der Waals surface area contributed by atoms with Gasteiger partial charge in [0, 0.05) is 6.42 Å². The van der Waals surface area contributed by atoms with Gasteiger partial charge in [0.05, 0.1) is 18.8 Å². The largest absolute Gasteiger partial charge is 0.479 e. The first-order valence-corrected chi connectivity index (χ1v) is 3.91. The van der Waals surface area contributed by atoms with Gasteiger partial charge in [-0.25, -0.2) is 4.79 Å². The van der Waals surface area contributed by atoms with E-state index in [1.54, 1.807) is 0 Å². The van der Waals surface area contributed by atoms with Gasteiger partial charge in [-0.2, -0.15) is 0 Å². The number of hydrogen-bond acceptors (Lipinski definition) is 5. The lowest BCUT2D eigenvalue weighted by Gasteiger charge is -2.34. The molecular weight excluding hydrogens is 180 g/mol. The number of aliphatic carboxylic acids is 1. The standard InChI is InChI=1S/C7H12O6/c8-2-5-3(9)1-4(10)6(13-5)7(11)12/h3-6,8-10H,1-2H2,(H,11,12). The monoisotopic (exact) mass is 192 g/mol. The lowest BCUT2D eigenvalue weighted by atomic mass is 9.99. The molecule has 6 nitrogen and oxygen atoms in total. The summed E-state index contributed by atoms with van der Waals surface area (Å²) in [6.07, 6.45) is -4.63. The van der Waals surface area contributed by atoms with E-state index in [-0.39, 0.29) is 6.42 Å². The fourth-order valence-electron chi connectivity index (χ4n) is 1.28. The third-order valence-electron chi connectivity index (χ3n) is 2.01. The molecule has 1 rings (SSSR count). The molecule has 1 aliphatic rings. The Bertz CT molecular complexity index is 193. The molecule has 4 atom stereocenters. The number of aliphatic hydroxyl groups is 3. The molecule has 0 amide bonds. The van der Waals surface area contributed by atoms with Gasteiger partial charge in [0.2, 0.25) is 0 Å². The van der Waals surface area contributed by atoms with Crippen LogP contribution in [0, 0.1) is 0 Å². The molecule has 1 heterocycles. The topological polar surface area (TPSA) is 107 Å². The van der Waals surface area contributed by atoms with E-state index >= 15 is 0 Å². The summed E-state index contributed by atoms with van der Waals surface area (Å²) >= 11 is 0. The number of carboxylic acid groups (broad SMARTS) is 1. The van der Waals surface area contributed by atoms with Gasteiger partial charge in [-0.15, -0.1) is 0 Å². The SMILES string of the molecule is O=C(O)C1OC(CO)C(O)CC1O. The zero-order chi connectivity index (χ0) is 10.0. The number of carbonyl (C=O) groups is 1. The zero-order valence-corrected chi connectivity index (χ0v) is 6.83. The Kier molecular flexibility index (Phi) is 3.21. The van der Waals surface area contributed by atoms with Crippen LogP contribution in [0.4, 0.5) is 0 Å². The highest BCUT2D eigenvalue weighted by molar-refractivity contribution is 5.73. The van der Waals surface area contributed by atoms with Crippen LogP contribution in [-0.4, -0.2) is 57.4 Å². The van der Waals surface area contributed by atoms with E-state index in [2.05, 4.69) is 0 Å². The van der Waals surface area contributed by atoms with Gasteiger partial charge < -0.3 is 25.2 Å². The zero-order valence-electron chi connectivity index (χ0n) is 6.83. The quantitative estimate of drug-likeness (QED) is 0.401. The van der Waals surface area contributed by atoms with Crippen molar-refractivity contribution in [3.8, 4) is 0 Å². The van der Waals surface area contributed by atoms with E-state index in [9.17, 15) is 15.0 Å². The van der Waals surface area contributed by atoms with E-state index in [4.69, 9.17) is 14.9 Å². The first-order chi connectivity index (χ1) is 6.06. The molecule has 1 aliphatic heterocycles. The van der Waals surface area contributed by atoms with E-state index in [0.29, 0.717) is 0 Å². The van der Waals surface area contributed by atoms with E-state index in [1.807, 2.05) is 0 Å². The Balaban J connectivity index is 2.63. The average molecular weight is 192 g/mol. The van der Waals surface area contributed by atoms with Crippen molar-refractivity contribution in [2.45, 2.75) is 30.8 Å². The molecule has 6 heteroatoms. The van der Waals surface area contributed by atoms with Crippen molar-refractivity contribution >= 4 is 5.97 Å². The molecule has 1 fully saturated rings. The maximum atomic E-state index is 10.5. The van der Waals surface area contributed by atoms with Crippen LogP contribution in [-0.2, 0) is 9.53 Å². The molecule has 0 saturated carbocycles. The summed E-state index contributed by atoms with van der Waals surface area (Å²) in [6, 6.07) is 0. The van der Waals surface area contributed by atoms with Gasteiger partial charge in [0.25, 0.3) is 0 Å². The van der Waals surface area contributed by atoms with Gasteiger partial charge in [0.15, 0.2) is 6.10 Å². The van der Waals surface area contributed by atoms with Crippen molar-refractivity contribution in [3.05, 3.63) is 0 Å². The smallest absolute Gasteiger partial charge is 0.335 e. The Morgan fingerprint density at radius 2 is 2.00 bits per heavy atom. The van der Waals surface area contributed by atoms with Gasteiger partial charge in [-0.05, 0) is 0 Å². The predicted octanol–water partition coefficient (Wildman–Crippen LogP) is -2.06. The third-order valence-corrected chi connectivity index (χ3v) is 2.01. The Labute approximate surface area is 74.4 Å². The molecule has 0 aromatic carbocycles. The van der Waals surface area contributed by atoms with Crippen molar-refractivity contribution in [1.29, 1.82) is 0 Å². The summed E-state index contributed by atoms with van der Waals surface area (Å²) in [7, 11) is 0. The second-order valence-electron chi connectivity index (χ2n) is 2.99. The molecule has 0 radical (unpaired) electrons. The third kappa shape index (κ3) is 2.16. The van der Waals surface area contributed by atoms with Gasteiger partial charge in [-0.3, -0.25) is 0 Å². The summed E-state index contributed by atoms with van der Waals surface area (Å²) in [5.41, 5.74) is 0. The lowest BCUT2D eigenvalue weighted by Crippen LogP contribution is -2.51. The lowest BCUT2D eigenvalue weighted by molar-refractivity contribution is -0.197. The number of ether oxygens (including phenoxy) is 1. The van der Waals surface area contributed by atoms with Crippen LogP contribution in [0.5, 0.6) is 0 Å². The van der Waals surface area contributed by atoms with Crippen molar-refractivity contribution in [2.24, 2.45) is 0 Å². The van der Waals surface area contributed by atoms with Gasteiger partial charge in [0.1, 0.15) is 6.10 Å².